The molecular weight excluding hydrogens is 250 g/mol. The van der Waals surface area contributed by atoms with Gasteiger partial charge >= 0.3 is 0 Å². The Morgan fingerprint density at radius 2 is 1.80 bits per heavy atom. The van der Waals surface area contributed by atoms with Crippen LogP contribution in [0, 0.1) is 0 Å². The first-order chi connectivity index (χ1) is 9.85. The molecule has 0 aromatic heterocycles. The average molecular weight is 273 g/mol. The van der Waals surface area contributed by atoms with Crippen LogP contribution in [-0.2, 0) is 0 Å². The zero-order chi connectivity index (χ0) is 13.8. The summed E-state index contributed by atoms with van der Waals surface area (Å²) in [5.41, 5.74) is 4.95. The lowest BCUT2D eigenvalue weighted by molar-refractivity contribution is 0.578. The first-order valence-corrected chi connectivity index (χ1v) is 7.51. The van der Waals surface area contributed by atoms with Gasteiger partial charge in [-0.1, -0.05) is 0 Å². The van der Waals surface area contributed by atoms with E-state index >= 15 is 0 Å². The van der Waals surface area contributed by atoms with Crippen LogP contribution in [0.5, 0.6) is 0 Å². The van der Waals surface area contributed by atoms with Crippen molar-refractivity contribution < 1.29 is 0 Å². The molecular formula is C15H23N5. The van der Waals surface area contributed by atoms with Gasteiger partial charge in [-0.3, -0.25) is 5.43 Å². The molecule has 108 valence electrons. The minimum atomic E-state index is 0.446. The smallest absolute Gasteiger partial charge is 0.210 e. The number of nitrogens with zero attached hydrogens (tertiary/aromatic N) is 2. The van der Waals surface area contributed by atoms with Gasteiger partial charge in [0, 0.05) is 24.5 Å². The summed E-state index contributed by atoms with van der Waals surface area (Å²) in [6, 6.07) is 8.95. The molecule has 20 heavy (non-hydrogen) atoms. The SMILES string of the molecule is NNC(=NC1CC1)Nc1ccc(N2CCCCC2)cc1. The van der Waals surface area contributed by atoms with Crippen LogP contribution in [0.2, 0.25) is 0 Å². The Morgan fingerprint density at radius 3 is 2.40 bits per heavy atom. The van der Waals surface area contributed by atoms with Gasteiger partial charge in [-0.25, -0.2) is 10.8 Å². The van der Waals surface area contributed by atoms with Gasteiger partial charge in [0.25, 0.3) is 0 Å². The van der Waals surface area contributed by atoms with Crippen molar-refractivity contribution in [2.75, 3.05) is 23.3 Å². The van der Waals surface area contributed by atoms with E-state index in [0.717, 1.165) is 5.69 Å². The lowest BCUT2D eigenvalue weighted by Gasteiger charge is -2.28. The van der Waals surface area contributed by atoms with Crippen molar-refractivity contribution in [3.05, 3.63) is 24.3 Å². The Hall–Kier alpha value is -1.75. The zero-order valence-electron chi connectivity index (χ0n) is 11.8. The van der Waals surface area contributed by atoms with Gasteiger partial charge in [-0.15, -0.1) is 0 Å². The first-order valence-electron chi connectivity index (χ1n) is 7.51. The Bertz CT molecular complexity index is 458. The van der Waals surface area contributed by atoms with E-state index in [1.165, 1.54) is 50.9 Å². The molecule has 0 unspecified atom stereocenters. The number of nitrogens with one attached hydrogen (secondary N) is 2. The third-order valence-corrected chi connectivity index (χ3v) is 3.85. The molecule has 3 rings (SSSR count). The summed E-state index contributed by atoms with van der Waals surface area (Å²) >= 11 is 0. The fourth-order valence-corrected chi connectivity index (χ4v) is 2.54. The number of nitrogens with two attached hydrogens (primary N) is 1. The van der Waals surface area contributed by atoms with Crippen molar-refractivity contribution in [3.8, 4) is 0 Å². The van der Waals surface area contributed by atoms with Crippen LogP contribution in [0.3, 0.4) is 0 Å². The minimum absolute atomic E-state index is 0.446. The number of benzene rings is 1. The van der Waals surface area contributed by atoms with E-state index in [1.807, 2.05) is 0 Å². The summed E-state index contributed by atoms with van der Waals surface area (Å²) in [5, 5.41) is 3.23. The highest BCUT2D eigenvalue weighted by Gasteiger charge is 2.21. The molecule has 0 spiro atoms. The summed E-state index contributed by atoms with van der Waals surface area (Å²) in [6.07, 6.45) is 6.30. The Kier molecular flexibility index (Phi) is 4.06. The highest BCUT2D eigenvalue weighted by molar-refractivity contribution is 5.93. The number of aliphatic imine (C=N–C) groups is 1. The summed E-state index contributed by atoms with van der Waals surface area (Å²) in [5.74, 6) is 6.14. The van der Waals surface area contributed by atoms with E-state index in [-0.39, 0.29) is 0 Å². The van der Waals surface area contributed by atoms with Crippen molar-refractivity contribution in [1.29, 1.82) is 0 Å². The highest BCUT2D eigenvalue weighted by Crippen LogP contribution is 2.24. The second-order valence-corrected chi connectivity index (χ2v) is 5.57. The van der Waals surface area contributed by atoms with Crippen LogP contribution in [-0.4, -0.2) is 25.1 Å². The van der Waals surface area contributed by atoms with Crippen LogP contribution in [0.4, 0.5) is 11.4 Å². The Balaban J connectivity index is 1.62. The maximum Gasteiger partial charge on any atom is 0.210 e. The molecule has 0 radical (unpaired) electrons. The number of hydrazine groups is 1. The molecule has 1 heterocycles. The molecule has 4 N–H and O–H groups in total. The molecule has 1 aliphatic heterocycles. The summed E-state index contributed by atoms with van der Waals surface area (Å²) in [6.45, 7) is 2.34. The predicted molar refractivity (Wildman–Crippen MR) is 83.9 cm³/mol. The molecule has 1 aromatic carbocycles. The van der Waals surface area contributed by atoms with Crippen molar-refractivity contribution >= 4 is 17.3 Å². The Labute approximate surface area is 120 Å². The van der Waals surface area contributed by atoms with Gasteiger partial charge in [0.1, 0.15) is 0 Å². The van der Waals surface area contributed by atoms with Crippen molar-refractivity contribution in [1.82, 2.24) is 5.43 Å². The molecule has 1 aliphatic carbocycles. The van der Waals surface area contributed by atoms with E-state index in [1.54, 1.807) is 0 Å². The quantitative estimate of drug-likeness (QED) is 0.341. The minimum Gasteiger partial charge on any atom is -0.372 e. The molecule has 1 saturated heterocycles. The van der Waals surface area contributed by atoms with Crippen LogP contribution in [0.15, 0.2) is 29.3 Å². The van der Waals surface area contributed by atoms with Crippen LogP contribution in [0.25, 0.3) is 0 Å². The molecule has 5 heteroatoms. The van der Waals surface area contributed by atoms with E-state index in [4.69, 9.17) is 5.84 Å². The second-order valence-electron chi connectivity index (χ2n) is 5.57. The van der Waals surface area contributed by atoms with Gasteiger partial charge < -0.3 is 10.2 Å². The molecule has 2 fully saturated rings. The fourth-order valence-electron chi connectivity index (χ4n) is 2.54. The first kappa shape index (κ1) is 13.2. The van der Waals surface area contributed by atoms with Gasteiger partial charge in [0.05, 0.1) is 6.04 Å². The third kappa shape index (κ3) is 3.42. The van der Waals surface area contributed by atoms with Crippen molar-refractivity contribution in [2.24, 2.45) is 10.8 Å². The van der Waals surface area contributed by atoms with Gasteiger partial charge in [-0.05, 0) is 56.4 Å². The molecule has 1 saturated carbocycles. The monoisotopic (exact) mass is 273 g/mol. The van der Waals surface area contributed by atoms with E-state index in [2.05, 4.69) is 44.9 Å². The topological polar surface area (TPSA) is 65.7 Å². The zero-order valence-corrected chi connectivity index (χ0v) is 11.8. The molecule has 0 amide bonds. The van der Waals surface area contributed by atoms with E-state index < -0.39 is 0 Å². The number of anilines is 2. The second kappa shape index (κ2) is 6.13. The number of rotatable bonds is 3. The average Bonchev–Trinajstić information content (AvgIpc) is 3.32. The highest BCUT2D eigenvalue weighted by atomic mass is 15.3. The number of hydrogen-bond acceptors (Lipinski definition) is 3. The Morgan fingerprint density at radius 1 is 1.10 bits per heavy atom. The van der Waals surface area contributed by atoms with Gasteiger partial charge in [-0.2, -0.15) is 0 Å². The summed E-state index contributed by atoms with van der Waals surface area (Å²) < 4.78 is 0. The molecule has 1 aromatic rings. The van der Waals surface area contributed by atoms with Crippen molar-refractivity contribution in [3.63, 3.8) is 0 Å². The number of piperidine rings is 1. The normalized spacial score (nSPS) is 19.9. The molecule has 0 bridgehead atoms. The van der Waals surface area contributed by atoms with Gasteiger partial charge in [0.2, 0.25) is 5.96 Å². The predicted octanol–water partition coefficient (Wildman–Crippen LogP) is 2.07. The van der Waals surface area contributed by atoms with E-state index in [9.17, 15) is 0 Å². The van der Waals surface area contributed by atoms with Crippen LogP contribution in [0.1, 0.15) is 32.1 Å². The van der Waals surface area contributed by atoms with Crippen LogP contribution < -0.4 is 21.5 Å². The van der Waals surface area contributed by atoms with Crippen LogP contribution >= 0.6 is 0 Å². The van der Waals surface area contributed by atoms with E-state index in [0.29, 0.717) is 12.0 Å². The summed E-state index contributed by atoms with van der Waals surface area (Å²) in [7, 11) is 0. The number of hydrogen-bond donors (Lipinski definition) is 3. The lowest BCUT2D eigenvalue weighted by Crippen LogP contribution is -2.36. The fraction of sp³-hybridized carbons (Fsp3) is 0.533. The molecule has 0 atom stereocenters. The standard InChI is InChI=1S/C15H23N5/c16-19-15(17-12-4-5-12)18-13-6-8-14(9-7-13)20-10-2-1-3-11-20/h6-9,12H,1-5,10-11,16H2,(H2,17,18,19). The summed E-state index contributed by atoms with van der Waals surface area (Å²) in [4.78, 5) is 6.93. The van der Waals surface area contributed by atoms with Gasteiger partial charge in [0.15, 0.2) is 0 Å². The number of guanidine groups is 1. The lowest BCUT2D eigenvalue weighted by atomic mass is 10.1. The third-order valence-electron chi connectivity index (χ3n) is 3.85. The largest absolute Gasteiger partial charge is 0.372 e. The molecule has 2 aliphatic rings. The maximum atomic E-state index is 5.49. The molecule has 5 nitrogen and oxygen atoms in total. The maximum absolute atomic E-state index is 5.49. The van der Waals surface area contributed by atoms with Crippen molar-refractivity contribution in [2.45, 2.75) is 38.1 Å².